The number of imidazole rings is 1. The van der Waals surface area contributed by atoms with E-state index in [0.29, 0.717) is 0 Å². The SMILES string of the molecule is Cc1cccn2c1nc1c3ccccc3nc(-c3ccc(Cl)cc3)c12. The zero-order valence-electron chi connectivity index (χ0n) is 13.6. The number of rotatable bonds is 1. The number of benzene rings is 2. The van der Waals surface area contributed by atoms with E-state index in [-0.39, 0.29) is 0 Å². The van der Waals surface area contributed by atoms with Gasteiger partial charge in [0.2, 0.25) is 0 Å². The Bertz CT molecular complexity index is 1250. The maximum absolute atomic E-state index is 6.07. The molecule has 0 aliphatic rings. The van der Waals surface area contributed by atoms with Crippen molar-refractivity contribution in [2.75, 3.05) is 0 Å². The third kappa shape index (κ3) is 2.13. The Kier molecular flexibility index (Phi) is 3.06. The average molecular weight is 344 g/mol. The smallest absolute Gasteiger partial charge is 0.140 e. The van der Waals surface area contributed by atoms with Gasteiger partial charge < -0.3 is 0 Å². The molecule has 2 aromatic carbocycles. The summed E-state index contributed by atoms with van der Waals surface area (Å²) >= 11 is 6.07. The highest BCUT2D eigenvalue weighted by Gasteiger charge is 2.16. The monoisotopic (exact) mass is 343 g/mol. The Hall–Kier alpha value is -2.91. The van der Waals surface area contributed by atoms with E-state index in [1.165, 1.54) is 0 Å². The lowest BCUT2D eigenvalue weighted by Gasteiger charge is -2.07. The fourth-order valence-corrected chi connectivity index (χ4v) is 3.50. The molecule has 0 fully saturated rings. The van der Waals surface area contributed by atoms with Crippen molar-refractivity contribution < 1.29 is 0 Å². The summed E-state index contributed by atoms with van der Waals surface area (Å²) in [6.45, 7) is 2.08. The fraction of sp³-hybridized carbons (Fsp3) is 0.0476. The maximum atomic E-state index is 6.07. The first-order valence-electron chi connectivity index (χ1n) is 8.14. The third-order valence-corrected chi connectivity index (χ3v) is 4.83. The summed E-state index contributed by atoms with van der Waals surface area (Å²) in [7, 11) is 0. The summed E-state index contributed by atoms with van der Waals surface area (Å²) in [5, 5.41) is 1.79. The van der Waals surface area contributed by atoms with Crippen LogP contribution in [0.4, 0.5) is 0 Å². The normalized spacial score (nSPS) is 11.6. The summed E-state index contributed by atoms with van der Waals surface area (Å²) in [5.74, 6) is 0. The van der Waals surface area contributed by atoms with E-state index < -0.39 is 0 Å². The Morgan fingerprint density at radius 1 is 0.880 bits per heavy atom. The second-order valence-corrected chi connectivity index (χ2v) is 6.61. The fourth-order valence-electron chi connectivity index (χ4n) is 3.37. The summed E-state index contributed by atoms with van der Waals surface area (Å²) in [6, 6.07) is 20.1. The van der Waals surface area contributed by atoms with Gasteiger partial charge in [0.25, 0.3) is 0 Å². The lowest BCUT2D eigenvalue weighted by molar-refractivity contribution is 1.19. The summed E-state index contributed by atoms with van der Waals surface area (Å²) in [5.41, 5.74) is 7.01. The third-order valence-electron chi connectivity index (χ3n) is 4.58. The number of pyridine rings is 2. The molecule has 0 bridgehead atoms. The molecule has 0 aliphatic heterocycles. The molecule has 0 N–H and O–H groups in total. The van der Waals surface area contributed by atoms with Crippen LogP contribution in [-0.4, -0.2) is 14.4 Å². The predicted molar refractivity (Wildman–Crippen MR) is 103 cm³/mol. The van der Waals surface area contributed by atoms with E-state index in [4.69, 9.17) is 21.6 Å². The van der Waals surface area contributed by atoms with Crippen LogP contribution in [0.25, 0.3) is 38.8 Å². The van der Waals surface area contributed by atoms with Crippen molar-refractivity contribution in [3.63, 3.8) is 0 Å². The van der Waals surface area contributed by atoms with Crippen LogP contribution in [0.1, 0.15) is 5.56 Å². The van der Waals surface area contributed by atoms with Gasteiger partial charge in [-0.15, -0.1) is 0 Å². The molecule has 0 aliphatic carbocycles. The number of halogens is 1. The molecule has 0 radical (unpaired) electrons. The topological polar surface area (TPSA) is 30.2 Å². The highest BCUT2D eigenvalue weighted by atomic mass is 35.5. The van der Waals surface area contributed by atoms with Crippen molar-refractivity contribution in [2.24, 2.45) is 0 Å². The van der Waals surface area contributed by atoms with E-state index >= 15 is 0 Å². The van der Waals surface area contributed by atoms with Crippen LogP contribution in [0.5, 0.6) is 0 Å². The number of hydrogen-bond acceptors (Lipinski definition) is 2. The number of para-hydroxylation sites is 1. The molecule has 0 unspecified atom stereocenters. The second-order valence-electron chi connectivity index (χ2n) is 6.18. The van der Waals surface area contributed by atoms with Gasteiger partial charge in [-0.25, -0.2) is 9.97 Å². The predicted octanol–water partition coefficient (Wildman–Crippen LogP) is 5.66. The second kappa shape index (κ2) is 5.30. The van der Waals surface area contributed by atoms with Crippen LogP contribution in [0.2, 0.25) is 5.02 Å². The number of nitrogens with zero attached hydrogens (tertiary/aromatic N) is 3. The molecule has 0 saturated carbocycles. The van der Waals surface area contributed by atoms with E-state index in [2.05, 4.69) is 23.5 Å². The molecule has 4 heteroatoms. The average Bonchev–Trinajstić information content (AvgIpc) is 3.03. The molecule has 5 rings (SSSR count). The lowest BCUT2D eigenvalue weighted by Crippen LogP contribution is -1.92. The summed E-state index contributed by atoms with van der Waals surface area (Å²) < 4.78 is 2.13. The maximum Gasteiger partial charge on any atom is 0.140 e. The van der Waals surface area contributed by atoms with E-state index in [9.17, 15) is 0 Å². The van der Waals surface area contributed by atoms with Gasteiger partial charge in [-0.1, -0.05) is 48.0 Å². The van der Waals surface area contributed by atoms with Crippen molar-refractivity contribution in [1.82, 2.24) is 14.4 Å². The molecule has 120 valence electrons. The van der Waals surface area contributed by atoms with E-state index in [0.717, 1.165) is 49.4 Å². The van der Waals surface area contributed by atoms with Crippen molar-refractivity contribution >= 4 is 39.2 Å². The minimum atomic E-state index is 0.717. The van der Waals surface area contributed by atoms with Gasteiger partial charge in [0, 0.05) is 22.2 Å². The number of fused-ring (bicyclic) bond motifs is 5. The number of hydrogen-bond donors (Lipinski definition) is 0. The molecule has 0 saturated heterocycles. The highest BCUT2D eigenvalue weighted by molar-refractivity contribution is 6.30. The van der Waals surface area contributed by atoms with Gasteiger partial charge >= 0.3 is 0 Å². The minimum absolute atomic E-state index is 0.717. The molecule has 25 heavy (non-hydrogen) atoms. The van der Waals surface area contributed by atoms with Crippen molar-refractivity contribution in [1.29, 1.82) is 0 Å². The standard InChI is InChI=1S/C21H14ClN3/c1-13-5-4-12-25-20-18(14-8-10-15(22)11-9-14)23-17-7-3-2-6-16(17)19(20)24-21(13)25/h2-12H,1H3. The summed E-state index contributed by atoms with van der Waals surface area (Å²) in [6.07, 6.45) is 2.05. The molecule has 0 amide bonds. The van der Waals surface area contributed by atoms with Crippen LogP contribution in [0.15, 0.2) is 66.9 Å². The molecule has 3 heterocycles. The zero-order valence-corrected chi connectivity index (χ0v) is 14.3. The molecule has 3 aromatic heterocycles. The Labute approximate surface area is 149 Å². The first kappa shape index (κ1) is 14.4. The molecular weight excluding hydrogens is 330 g/mol. The van der Waals surface area contributed by atoms with Crippen LogP contribution in [-0.2, 0) is 0 Å². The van der Waals surface area contributed by atoms with E-state index in [1.54, 1.807) is 0 Å². The lowest BCUT2D eigenvalue weighted by atomic mass is 10.1. The number of aromatic nitrogens is 3. The van der Waals surface area contributed by atoms with Crippen molar-refractivity contribution in [3.8, 4) is 11.3 Å². The quantitative estimate of drug-likeness (QED) is 0.393. The minimum Gasteiger partial charge on any atom is -0.297 e. The Morgan fingerprint density at radius 3 is 2.52 bits per heavy atom. The zero-order chi connectivity index (χ0) is 17.0. The Morgan fingerprint density at radius 2 is 1.68 bits per heavy atom. The van der Waals surface area contributed by atoms with Crippen LogP contribution in [0, 0.1) is 6.92 Å². The van der Waals surface area contributed by atoms with Crippen LogP contribution < -0.4 is 0 Å². The van der Waals surface area contributed by atoms with Gasteiger partial charge in [0.15, 0.2) is 0 Å². The van der Waals surface area contributed by atoms with E-state index in [1.807, 2.05) is 54.7 Å². The summed E-state index contributed by atoms with van der Waals surface area (Å²) in [4.78, 5) is 9.89. The van der Waals surface area contributed by atoms with Crippen LogP contribution in [0.3, 0.4) is 0 Å². The van der Waals surface area contributed by atoms with Gasteiger partial charge in [-0.3, -0.25) is 4.40 Å². The molecule has 0 spiro atoms. The molecule has 0 atom stereocenters. The number of aryl methyl sites for hydroxylation is 1. The Balaban J connectivity index is 2.03. The van der Waals surface area contributed by atoms with Crippen LogP contribution >= 0.6 is 11.6 Å². The molecular formula is C21H14ClN3. The first-order chi connectivity index (χ1) is 12.2. The van der Waals surface area contributed by atoms with Gasteiger partial charge in [0.1, 0.15) is 11.2 Å². The van der Waals surface area contributed by atoms with Gasteiger partial charge in [-0.05, 0) is 36.8 Å². The van der Waals surface area contributed by atoms with Crippen molar-refractivity contribution in [2.45, 2.75) is 6.92 Å². The largest absolute Gasteiger partial charge is 0.297 e. The van der Waals surface area contributed by atoms with Crippen molar-refractivity contribution in [3.05, 3.63) is 77.4 Å². The highest BCUT2D eigenvalue weighted by Crippen LogP contribution is 2.33. The molecule has 3 nitrogen and oxygen atoms in total. The van der Waals surface area contributed by atoms with Gasteiger partial charge in [0.05, 0.1) is 16.7 Å². The molecule has 5 aromatic rings. The first-order valence-corrected chi connectivity index (χ1v) is 8.52. The van der Waals surface area contributed by atoms with Gasteiger partial charge in [-0.2, -0.15) is 0 Å².